The number of rotatable bonds is 3. The van der Waals surface area contributed by atoms with Gasteiger partial charge >= 0.3 is 5.97 Å². The number of nitrogens with zero attached hydrogens (tertiary/aromatic N) is 1. The SMILES string of the molecule is CCOC(=O)C1=C(C)NC2=C(C(=O)CC(C)(C)C2)[C@H]1c1cccnc1Cl. The summed E-state index contributed by atoms with van der Waals surface area (Å²) < 4.78 is 5.27. The number of pyridine rings is 1. The van der Waals surface area contributed by atoms with E-state index in [-0.39, 0.29) is 17.8 Å². The van der Waals surface area contributed by atoms with Crippen LogP contribution in [0.4, 0.5) is 0 Å². The molecule has 3 rings (SSSR count). The van der Waals surface area contributed by atoms with Gasteiger partial charge < -0.3 is 10.1 Å². The number of hydrogen-bond acceptors (Lipinski definition) is 5. The molecule has 0 radical (unpaired) electrons. The summed E-state index contributed by atoms with van der Waals surface area (Å²) >= 11 is 6.35. The van der Waals surface area contributed by atoms with Crippen molar-refractivity contribution in [3.63, 3.8) is 0 Å². The largest absolute Gasteiger partial charge is 0.463 e. The molecule has 26 heavy (non-hydrogen) atoms. The maximum atomic E-state index is 13.0. The van der Waals surface area contributed by atoms with Gasteiger partial charge in [0.15, 0.2) is 5.78 Å². The van der Waals surface area contributed by atoms with E-state index in [0.717, 1.165) is 12.1 Å². The smallest absolute Gasteiger partial charge is 0.336 e. The molecule has 0 spiro atoms. The van der Waals surface area contributed by atoms with E-state index < -0.39 is 11.9 Å². The number of dihydropyridines is 1. The molecule has 0 bridgehead atoms. The minimum absolute atomic E-state index is 0.0305. The van der Waals surface area contributed by atoms with Crippen LogP contribution in [0.15, 0.2) is 40.9 Å². The van der Waals surface area contributed by atoms with Crippen molar-refractivity contribution >= 4 is 23.4 Å². The van der Waals surface area contributed by atoms with Crippen molar-refractivity contribution in [2.24, 2.45) is 5.41 Å². The van der Waals surface area contributed by atoms with Gasteiger partial charge in [0.05, 0.1) is 18.1 Å². The first kappa shape index (κ1) is 18.6. The minimum atomic E-state index is -0.560. The number of ether oxygens (including phenoxy) is 1. The van der Waals surface area contributed by atoms with Crippen LogP contribution < -0.4 is 5.32 Å². The number of allylic oxidation sites excluding steroid dienone is 3. The lowest BCUT2D eigenvalue weighted by atomic mass is 9.69. The second-order valence-electron chi connectivity index (χ2n) is 7.53. The van der Waals surface area contributed by atoms with E-state index in [0.29, 0.717) is 34.0 Å². The van der Waals surface area contributed by atoms with Crippen molar-refractivity contribution in [1.29, 1.82) is 0 Å². The highest BCUT2D eigenvalue weighted by Crippen LogP contribution is 2.47. The van der Waals surface area contributed by atoms with Gasteiger partial charge in [-0.05, 0) is 31.7 Å². The first-order valence-corrected chi connectivity index (χ1v) is 9.14. The Morgan fingerprint density at radius 1 is 1.42 bits per heavy atom. The Labute approximate surface area is 158 Å². The molecule has 0 unspecified atom stereocenters. The average Bonchev–Trinajstić information content (AvgIpc) is 2.53. The molecule has 138 valence electrons. The van der Waals surface area contributed by atoms with Crippen molar-refractivity contribution in [1.82, 2.24) is 10.3 Å². The summed E-state index contributed by atoms with van der Waals surface area (Å²) in [6.45, 7) is 8.00. The molecule has 2 heterocycles. The van der Waals surface area contributed by atoms with Crippen molar-refractivity contribution in [3.8, 4) is 0 Å². The second kappa shape index (κ2) is 6.88. The van der Waals surface area contributed by atoms with Crippen LogP contribution >= 0.6 is 11.6 Å². The van der Waals surface area contributed by atoms with Crippen LogP contribution in [0.5, 0.6) is 0 Å². The van der Waals surface area contributed by atoms with Crippen LogP contribution in [0.2, 0.25) is 5.15 Å². The third-order valence-corrected chi connectivity index (χ3v) is 5.15. The van der Waals surface area contributed by atoms with Crippen LogP contribution in [-0.2, 0) is 14.3 Å². The molecule has 1 aliphatic heterocycles. The van der Waals surface area contributed by atoms with E-state index in [1.165, 1.54) is 0 Å². The van der Waals surface area contributed by atoms with Crippen LogP contribution in [0.25, 0.3) is 0 Å². The van der Waals surface area contributed by atoms with Gasteiger partial charge in [-0.1, -0.05) is 31.5 Å². The van der Waals surface area contributed by atoms with Crippen molar-refractivity contribution in [2.45, 2.75) is 46.5 Å². The van der Waals surface area contributed by atoms with Crippen LogP contribution in [0.3, 0.4) is 0 Å². The predicted molar refractivity (Wildman–Crippen MR) is 99.5 cm³/mol. The van der Waals surface area contributed by atoms with Crippen LogP contribution in [-0.4, -0.2) is 23.3 Å². The fraction of sp³-hybridized carbons (Fsp3) is 0.450. The maximum Gasteiger partial charge on any atom is 0.336 e. The van der Waals surface area contributed by atoms with Gasteiger partial charge in [0, 0.05) is 35.1 Å². The maximum absolute atomic E-state index is 13.0. The number of aromatic nitrogens is 1. The molecular weight excluding hydrogens is 352 g/mol. The molecule has 0 fully saturated rings. The minimum Gasteiger partial charge on any atom is -0.463 e. The monoisotopic (exact) mass is 374 g/mol. The van der Waals surface area contributed by atoms with E-state index in [1.807, 2.05) is 13.0 Å². The first-order valence-electron chi connectivity index (χ1n) is 8.76. The zero-order valence-corrected chi connectivity index (χ0v) is 16.2. The van der Waals surface area contributed by atoms with E-state index in [2.05, 4.69) is 24.1 Å². The van der Waals surface area contributed by atoms with Gasteiger partial charge in [-0.15, -0.1) is 0 Å². The Kier molecular flexibility index (Phi) is 4.93. The van der Waals surface area contributed by atoms with Gasteiger partial charge in [0.25, 0.3) is 0 Å². The molecule has 1 aromatic rings. The number of hydrogen-bond donors (Lipinski definition) is 1. The molecular formula is C20H23ClN2O3. The number of Topliss-reactive ketones (excluding diaryl/α,β-unsaturated/α-hetero) is 1. The Morgan fingerprint density at radius 3 is 2.81 bits per heavy atom. The Morgan fingerprint density at radius 2 is 2.15 bits per heavy atom. The molecule has 1 aromatic heterocycles. The van der Waals surface area contributed by atoms with Gasteiger partial charge in [-0.3, -0.25) is 4.79 Å². The van der Waals surface area contributed by atoms with Gasteiger partial charge in [0.2, 0.25) is 0 Å². The number of halogens is 1. The molecule has 1 atom stereocenters. The summed E-state index contributed by atoms with van der Waals surface area (Å²) in [5, 5.41) is 3.58. The number of carbonyl (C=O) groups is 2. The summed E-state index contributed by atoms with van der Waals surface area (Å²) in [6, 6.07) is 3.58. The summed E-state index contributed by atoms with van der Waals surface area (Å²) in [5.41, 5.74) is 3.10. The zero-order chi connectivity index (χ0) is 19.1. The predicted octanol–water partition coefficient (Wildman–Crippen LogP) is 3.90. The number of carbonyl (C=O) groups excluding carboxylic acids is 2. The number of nitrogens with one attached hydrogen (secondary N) is 1. The van der Waals surface area contributed by atoms with E-state index in [4.69, 9.17) is 16.3 Å². The first-order chi connectivity index (χ1) is 12.2. The lowest BCUT2D eigenvalue weighted by Gasteiger charge is -2.39. The Balaban J connectivity index is 2.21. The number of ketones is 1. The van der Waals surface area contributed by atoms with E-state index >= 15 is 0 Å². The normalized spacial score (nSPS) is 22.0. The van der Waals surface area contributed by atoms with Gasteiger partial charge in [-0.2, -0.15) is 0 Å². The highest BCUT2D eigenvalue weighted by atomic mass is 35.5. The van der Waals surface area contributed by atoms with Crippen molar-refractivity contribution in [2.75, 3.05) is 6.61 Å². The topological polar surface area (TPSA) is 68.3 Å². The molecule has 0 aromatic carbocycles. The fourth-order valence-corrected chi connectivity index (χ4v) is 4.07. The summed E-state index contributed by atoms with van der Waals surface area (Å²) in [5.74, 6) is -0.968. The van der Waals surface area contributed by atoms with Crippen molar-refractivity contribution < 1.29 is 14.3 Å². The molecule has 0 amide bonds. The van der Waals surface area contributed by atoms with E-state index in [1.54, 1.807) is 19.2 Å². The molecule has 6 heteroatoms. The van der Waals surface area contributed by atoms with Gasteiger partial charge in [0.1, 0.15) is 5.15 Å². The summed E-state index contributed by atoms with van der Waals surface area (Å²) in [7, 11) is 0. The lowest BCUT2D eigenvalue weighted by molar-refractivity contribution is -0.138. The van der Waals surface area contributed by atoms with Crippen LogP contribution in [0.1, 0.15) is 52.0 Å². The Bertz CT molecular complexity index is 839. The zero-order valence-electron chi connectivity index (χ0n) is 15.5. The third kappa shape index (κ3) is 3.28. The molecule has 1 aliphatic carbocycles. The van der Waals surface area contributed by atoms with E-state index in [9.17, 15) is 9.59 Å². The molecule has 5 nitrogen and oxygen atoms in total. The lowest BCUT2D eigenvalue weighted by Crippen LogP contribution is -2.38. The molecule has 2 aliphatic rings. The highest BCUT2D eigenvalue weighted by molar-refractivity contribution is 6.30. The Hall–Kier alpha value is -2.14. The number of esters is 1. The third-order valence-electron chi connectivity index (χ3n) is 4.83. The van der Waals surface area contributed by atoms with Crippen molar-refractivity contribution in [3.05, 3.63) is 51.6 Å². The standard InChI is InChI=1S/C20H23ClN2O3/c1-5-26-19(25)15-11(2)23-13-9-20(3,4)10-14(24)17(13)16(15)12-7-6-8-22-18(12)21/h6-8,16,23H,5,9-10H2,1-4H3/t16-/m0/s1. The molecule has 0 saturated heterocycles. The quantitative estimate of drug-likeness (QED) is 0.641. The molecule has 0 saturated carbocycles. The molecule has 1 N–H and O–H groups in total. The second-order valence-corrected chi connectivity index (χ2v) is 7.89. The fourth-order valence-electron chi connectivity index (χ4n) is 3.84. The van der Waals surface area contributed by atoms with Crippen LogP contribution in [0, 0.1) is 5.41 Å². The summed E-state index contributed by atoms with van der Waals surface area (Å²) in [6.07, 6.45) is 2.75. The highest BCUT2D eigenvalue weighted by Gasteiger charge is 2.43. The summed E-state index contributed by atoms with van der Waals surface area (Å²) in [4.78, 5) is 29.9. The van der Waals surface area contributed by atoms with Gasteiger partial charge in [-0.25, -0.2) is 9.78 Å². The average molecular weight is 375 g/mol.